The Morgan fingerprint density at radius 2 is 1.84 bits per heavy atom. The van der Waals surface area contributed by atoms with Crippen molar-refractivity contribution < 1.29 is 14.6 Å². The molecular formula is C21H21NO3. The fraction of sp³-hybridized carbons (Fsp3) is 0.381. The average Bonchev–Trinajstić information content (AvgIpc) is 3.12. The van der Waals surface area contributed by atoms with E-state index in [1.807, 2.05) is 56.3 Å². The van der Waals surface area contributed by atoms with Gasteiger partial charge in [-0.05, 0) is 49.4 Å². The van der Waals surface area contributed by atoms with Crippen LogP contribution in [0.1, 0.15) is 47.3 Å². The summed E-state index contributed by atoms with van der Waals surface area (Å²) in [6.45, 7) is 4.21. The van der Waals surface area contributed by atoms with Crippen molar-refractivity contribution in [2.24, 2.45) is 0 Å². The lowest BCUT2D eigenvalue weighted by Gasteiger charge is -2.52. The molecule has 5 rings (SSSR count). The molecule has 0 aromatic heterocycles. The normalized spacial score (nSPS) is 31.8. The Kier molecular flexibility index (Phi) is 2.73. The molecule has 2 aliphatic heterocycles. The molecule has 0 saturated carbocycles. The first kappa shape index (κ1) is 15.1. The molecule has 2 heterocycles. The first-order valence-corrected chi connectivity index (χ1v) is 8.81. The smallest absolute Gasteiger partial charge is 0.266 e. The Morgan fingerprint density at radius 3 is 2.60 bits per heavy atom. The summed E-state index contributed by atoms with van der Waals surface area (Å²) in [6.07, 6.45) is 1.55. The van der Waals surface area contributed by atoms with Crippen LogP contribution in [0.2, 0.25) is 0 Å². The third kappa shape index (κ3) is 1.57. The minimum Gasteiger partial charge on any atom is -0.348 e. The van der Waals surface area contributed by atoms with Gasteiger partial charge in [0.1, 0.15) is 0 Å². The number of carbonyl (C=O) groups excluding carboxylic acids is 1. The van der Waals surface area contributed by atoms with Crippen molar-refractivity contribution in [1.82, 2.24) is 4.90 Å². The van der Waals surface area contributed by atoms with Gasteiger partial charge in [0, 0.05) is 5.56 Å². The molecule has 128 valence electrons. The summed E-state index contributed by atoms with van der Waals surface area (Å²) in [5, 5.41) is 11.8. The highest BCUT2D eigenvalue weighted by atomic mass is 16.7. The van der Waals surface area contributed by atoms with Gasteiger partial charge in [-0.2, -0.15) is 0 Å². The molecule has 1 saturated heterocycles. The topological polar surface area (TPSA) is 49.8 Å². The predicted molar refractivity (Wildman–Crippen MR) is 93.1 cm³/mol. The first-order valence-electron chi connectivity index (χ1n) is 8.81. The van der Waals surface area contributed by atoms with Crippen molar-refractivity contribution in [3.05, 3.63) is 70.8 Å². The van der Waals surface area contributed by atoms with Crippen LogP contribution in [-0.4, -0.2) is 34.0 Å². The molecule has 1 fully saturated rings. The van der Waals surface area contributed by atoms with Gasteiger partial charge in [0.05, 0.1) is 17.6 Å². The van der Waals surface area contributed by atoms with Gasteiger partial charge in [0.2, 0.25) is 0 Å². The van der Waals surface area contributed by atoms with Crippen LogP contribution in [0, 0.1) is 0 Å². The van der Waals surface area contributed by atoms with E-state index in [2.05, 4.69) is 6.07 Å². The molecule has 2 unspecified atom stereocenters. The van der Waals surface area contributed by atoms with Gasteiger partial charge in [0.25, 0.3) is 11.8 Å². The number of rotatable bonds is 1. The van der Waals surface area contributed by atoms with E-state index in [1.165, 1.54) is 0 Å². The van der Waals surface area contributed by atoms with Gasteiger partial charge in [-0.25, -0.2) is 0 Å². The Balaban J connectivity index is 1.91. The fourth-order valence-corrected chi connectivity index (χ4v) is 5.13. The second kappa shape index (κ2) is 4.51. The van der Waals surface area contributed by atoms with Crippen LogP contribution in [0.15, 0.2) is 48.5 Å². The van der Waals surface area contributed by atoms with Crippen molar-refractivity contribution in [1.29, 1.82) is 0 Å². The van der Waals surface area contributed by atoms with E-state index in [4.69, 9.17) is 4.74 Å². The average molecular weight is 335 g/mol. The van der Waals surface area contributed by atoms with Crippen molar-refractivity contribution in [3.8, 4) is 0 Å². The van der Waals surface area contributed by atoms with E-state index in [0.717, 1.165) is 29.5 Å². The number of aliphatic hydroxyl groups is 1. The number of hydrogen-bond donors (Lipinski definition) is 1. The van der Waals surface area contributed by atoms with E-state index < -0.39 is 16.9 Å². The van der Waals surface area contributed by atoms with Gasteiger partial charge in [-0.1, -0.05) is 42.5 Å². The molecule has 4 nitrogen and oxygen atoms in total. The number of benzene rings is 2. The Morgan fingerprint density at radius 1 is 1.08 bits per heavy atom. The number of aryl methyl sites for hydroxylation is 1. The maximum atomic E-state index is 13.3. The second-order valence-corrected chi connectivity index (χ2v) is 7.96. The van der Waals surface area contributed by atoms with Crippen molar-refractivity contribution in [3.63, 3.8) is 0 Å². The third-order valence-corrected chi connectivity index (χ3v) is 6.14. The van der Waals surface area contributed by atoms with Crippen molar-refractivity contribution >= 4 is 5.91 Å². The summed E-state index contributed by atoms with van der Waals surface area (Å²) in [5.74, 6) is -1.80. The first-order chi connectivity index (χ1) is 11.9. The van der Waals surface area contributed by atoms with E-state index in [1.54, 1.807) is 4.90 Å². The van der Waals surface area contributed by atoms with Gasteiger partial charge in [-0.15, -0.1) is 0 Å². The van der Waals surface area contributed by atoms with Crippen molar-refractivity contribution in [2.75, 3.05) is 6.61 Å². The molecule has 3 aliphatic rings. The molecular weight excluding hydrogens is 314 g/mol. The molecule has 2 aromatic rings. The number of ether oxygens (including phenoxy) is 1. The number of fused-ring (bicyclic) bond motifs is 2. The second-order valence-electron chi connectivity index (χ2n) is 7.96. The summed E-state index contributed by atoms with van der Waals surface area (Å²) in [5.41, 5.74) is 2.46. The fourth-order valence-electron chi connectivity index (χ4n) is 5.13. The molecule has 0 bridgehead atoms. The standard InChI is InChI=1S/C21H21NO3/c1-19(2)13-25-21(24)20(15-8-4-3-5-9-15)12-11-14-7-6-10-16(17(14)20)18(23)22(19)21/h3-10,24H,11-13H2,1-2H3. The van der Waals surface area contributed by atoms with Crippen LogP contribution in [0.5, 0.6) is 0 Å². The SMILES string of the molecule is CC1(C)COC2(O)N1C(=O)c1cccc3c1C2(c1ccccc1)CC3. The molecule has 0 spiro atoms. The molecule has 25 heavy (non-hydrogen) atoms. The number of hydrogen-bond acceptors (Lipinski definition) is 3. The highest BCUT2D eigenvalue weighted by Gasteiger charge is 2.70. The molecule has 1 aliphatic carbocycles. The van der Waals surface area contributed by atoms with Gasteiger partial charge >= 0.3 is 0 Å². The predicted octanol–water partition coefficient (Wildman–Crippen LogP) is 2.83. The highest BCUT2D eigenvalue weighted by Crippen LogP contribution is 2.60. The highest BCUT2D eigenvalue weighted by molar-refractivity contribution is 6.00. The van der Waals surface area contributed by atoms with E-state index in [9.17, 15) is 9.90 Å². The lowest BCUT2D eigenvalue weighted by atomic mass is 9.67. The maximum Gasteiger partial charge on any atom is 0.266 e. The van der Waals surface area contributed by atoms with E-state index in [0.29, 0.717) is 12.2 Å². The van der Waals surface area contributed by atoms with Crippen LogP contribution in [0.3, 0.4) is 0 Å². The van der Waals surface area contributed by atoms with E-state index in [-0.39, 0.29) is 5.91 Å². The van der Waals surface area contributed by atoms with Crippen molar-refractivity contribution in [2.45, 2.75) is 43.6 Å². The summed E-state index contributed by atoms with van der Waals surface area (Å²) in [7, 11) is 0. The van der Waals surface area contributed by atoms with Crippen LogP contribution >= 0.6 is 0 Å². The monoisotopic (exact) mass is 335 g/mol. The lowest BCUT2D eigenvalue weighted by molar-refractivity contribution is -0.272. The minimum atomic E-state index is -1.66. The van der Waals surface area contributed by atoms with Gasteiger partial charge in [0.15, 0.2) is 0 Å². The summed E-state index contributed by atoms with van der Waals surface area (Å²) >= 11 is 0. The zero-order chi connectivity index (χ0) is 17.4. The quantitative estimate of drug-likeness (QED) is 0.872. The Labute approximate surface area is 147 Å². The molecule has 2 atom stereocenters. The zero-order valence-electron chi connectivity index (χ0n) is 14.5. The van der Waals surface area contributed by atoms with Gasteiger partial charge in [-0.3, -0.25) is 9.69 Å². The Hall–Kier alpha value is -2.17. The molecule has 4 heteroatoms. The third-order valence-electron chi connectivity index (χ3n) is 6.14. The zero-order valence-corrected chi connectivity index (χ0v) is 14.5. The number of amides is 1. The molecule has 2 aromatic carbocycles. The summed E-state index contributed by atoms with van der Waals surface area (Å²) in [4.78, 5) is 14.9. The van der Waals surface area contributed by atoms with Crippen LogP contribution in [0.4, 0.5) is 0 Å². The molecule has 0 radical (unpaired) electrons. The maximum absolute atomic E-state index is 13.3. The molecule has 1 amide bonds. The Bertz CT molecular complexity index is 891. The minimum absolute atomic E-state index is 0.143. The largest absolute Gasteiger partial charge is 0.348 e. The summed E-state index contributed by atoms with van der Waals surface area (Å²) in [6, 6.07) is 15.9. The lowest BCUT2D eigenvalue weighted by Crippen LogP contribution is -2.68. The number of carbonyl (C=O) groups is 1. The van der Waals surface area contributed by atoms with Crippen LogP contribution in [0.25, 0.3) is 0 Å². The van der Waals surface area contributed by atoms with Crippen LogP contribution in [-0.2, 0) is 16.6 Å². The summed E-state index contributed by atoms with van der Waals surface area (Å²) < 4.78 is 6.04. The van der Waals surface area contributed by atoms with Gasteiger partial charge < -0.3 is 9.84 Å². The van der Waals surface area contributed by atoms with E-state index >= 15 is 0 Å². The molecule has 1 N–H and O–H groups in total. The van der Waals surface area contributed by atoms with Crippen LogP contribution < -0.4 is 0 Å². The number of nitrogens with zero attached hydrogens (tertiary/aromatic N) is 1.